The van der Waals surface area contributed by atoms with Crippen LogP contribution in [-0.2, 0) is 14.3 Å². The third-order valence-corrected chi connectivity index (χ3v) is 6.24. The zero-order chi connectivity index (χ0) is 28.0. The molecule has 1 N–H and O–H groups in total. The SMILES string of the molecule is CCCOc1ccc(/C(O)=C2\C(=O)C(=O)N(CCOC(C)C)C2c2cc(OC)c(OC)c(OC)c2)cc1C. The highest BCUT2D eigenvalue weighted by atomic mass is 16.5. The summed E-state index contributed by atoms with van der Waals surface area (Å²) in [7, 11) is 4.46. The lowest BCUT2D eigenvalue weighted by Crippen LogP contribution is -2.33. The first-order valence-electron chi connectivity index (χ1n) is 12.6. The van der Waals surface area contributed by atoms with Gasteiger partial charge in [-0.2, -0.15) is 0 Å². The molecule has 0 aromatic heterocycles. The molecule has 0 radical (unpaired) electrons. The minimum Gasteiger partial charge on any atom is -0.507 e. The third-order valence-electron chi connectivity index (χ3n) is 6.24. The van der Waals surface area contributed by atoms with Crippen molar-refractivity contribution in [2.75, 3.05) is 41.1 Å². The maximum atomic E-state index is 13.4. The first kappa shape index (κ1) is 28.8. The molecule has 1 aliphatic heterocycles. The molecule has 0 saturated carbocycles. The summed E-state index contributed by atoms with van der Waals surface area (Å²) in [5.74, 6) is -0.00200. The van der Waals surface area contributed by atoms with E-state index < -0.39 is 17.7 Å². The van der Waals surface area contributed by atoms with Crippen molar-refractivity contribution >= 4 is 17.4 Å². The summed E-state index contributed by atoms with van der Waals surface area (Å²) < 4.78 is 27.9. The lowest BCUT2D eigenvalue weighted by molar-refractivity contribution is -0.140. The molecular formula is C29H37NO8. The Bertz CT molecular complexity index is 1180. The van der Waals surface area contributed by atoms with Crippen LogP contribution in [0.25, 0.3) is 5.76 Å². The number of ketones is 1. The number of aryl methyl sites for hydroxylation is 1. The molecule has 1 heterocycles. The molecule has 9 nitrogen and oxygen atoms in total. The molecule has 1 unspecified atom stereocenters. The van der Waals surface area contributed by atoms with Gasteiger partial charge in [0.25, 0.3) is 11.7 Å². The number of carbonyl (C=O) groups excluding carboxylic acids is 2. The number of ether oxygens (including phenoxy) is 5. The van der Waals surface area contributed by atoms with Crippen LogP contribution in [-0.4, -0.2) is 68.9 Å². The fourth-order valence-corrected chi connectivity index (χ4v) is 4.43. The normalized spacial score (nSPS) is 16.7. The van der Waals surface area contributed by atoms with Crippen LogP contribution in [0.1, 0.15) is 49.9 Å². The number of benzene rings is 2. The number of hydrogen-bond donors (Lipinski definition) is 1. The van der Waals surface area contributed by atoms with Crippen molar-refractivity contribution in [3.63, 3.8) is 0 Å². The monoisotopic (exact) mass is 527 g/mol. The largest absolute Gasteiger partial charge is 0.507 e. The van der Waals surface area contributed by atoms with Crippen molar-refractivity contribution in [3.8, 4) is 23.0 Å². The Morgan fingerprint density at radius 3 is 2.16 bits per heavy atom. The van der Waals surface area contributed by atoms with E-state index >= 15 is 0 Å². The first-order chi connectivity index (χ1) is 18.2. The van der Waals surface area contributed by atoms with Gasteiger partial charge in [0.05, 0.1) is 52.3 Å². The molecule has 3 rings (SSSR count). The van der Waals surface area contributed by atoms with Gasteiger partial charge in [0.15, 0.2) is 11.5 Å². The molecule has 38 heavy (non-hydrogen) atoms. The summed E-state index contributed by atoms with van der Waals surface area (Å²) in [5.41, 5.74) is 1.69. The number of aliphatic hydroxyl groups is 1. The predicted octanol–water partition coefficient (Wildman–Crippen LogP) is 4.66. The summed E-state index contributed by atoms with van der Waals surface area (Å²) in [6, 6.07) is 7.61. The number of nitrogens with zero attached hydrogens (tertiary/aromatic N) is 1. The molecule has 0 aliphatic carbocycles. The Morgan fingerprint density at radius 1 is 0.974 bits per heavy atom. The predicted molar refractivity (Wildman–Crippen MR) is 143 cm³/mol. The quantitative estimate of drug-likeness (QED) is 0.242. The zero-order valence-electron chi connectivity index (χ0n) is 23.1. The summed E-state index contributed by atoms with van der Waals surface area (Å²) in [6.45, 7) is 8.58. The number of rotatable bonds is 12. The molecule has 1 aliphatic rings. The van der Waals surface area contributed by atoms with Gasteiger partial charge in [0.2, 0.25) is 5.75 Å². The van der Waals surface area contributed by atoms with Crippen LogP contribution in [0.4, 0.5) is 0 Å². The maximum Gasteiger partial charge on any atom is 0.295 e. The van der Waals surface area contributed by atoms with Gasteiger partial charge in [-0.1, -0.05) is 6.92 Å². The molecule has 1 fully saturated rings. The second kappa shape index (κ2) is 12.7. The molecular weight excluding hydrogens is 490 g/mol. The highest BCUT2D eigenvalue weighted by Crippen LogP contribution is 2.45. The average molecular weight is 528 g/mol. The molecule has 206 valence electrons. The van der Waals surface area contributed by atoms with E-state index in [1.165, 1.54) is 26.2 Å². The Kier molecular flexibility index (Phi) is 9.63. The zero-order valence-corrected chi connectivity index (χ0v) is 23.1. The van der Waals surface area contributed by atoms with Gasteiger partial charge in [0, 0.05) is 12.1 Å². The molecule has 2 aromatic carbocycles. The van der Waals surface area contributed by atoms with Gasteiger partial charge >= 0.3 is 0 Å². The van der Waals surface area contributed by atoms with E-state index in [2.05, 4.69) is 0 Å². The highest BCUT2D eigenvalue weighted by Gasteiger charge is 2.46. The Morgan fingerprint density at radius 2 is 1.63 bits per heavy atom. The van der Waals surface area contributed by atoms with E-state index in [0.29, 0.717) is 40.7 Å². The smallest absolute Gasteiger partial charge is 0.295 e. The van der Waals surface area contributed by atoms with Crippen LogP contribution >= 0.6 is 0 Å². The van der Waals surface area contributed by atoms with Crippen LogP contribution in [0.3, 0.4) is 0 Å². The van der Waals surface area contributed by atoms with Crippen molar-refractivity contribution in [1.29, 1.82) is 0 Å². The summed E-state index contributed by atoms with van der Waals surface area (Å²) >= 11 is 0. The van der Waals surface area contributed by atoms with Gasteiger partial charge < -0.3 is 33.7 Å². The van der Waals surface area contributed by atoms with Gasteiger partial charge in [-0.25, -0.2) is 0 Å². The van der Waals surface area contributed by atoms with E-state index in [4.69, 9.17) is 23.7 Å². The molecule has 0 bridgehead atoms. The first-order valence-corrected chi connectivity index (χ1v) is 12.6. The number of likely N-dealkylation sites (tertiary alicyclic amines) is 1. The van der Waals surface area contributed by atoms with E-state index in [1.807, 2.05) is 27.7 Å². The molecule has 1 amide bonds. The second-order valence-electron chi connectivity index (χ2n) is 9.20. The fraction of sp³-hybridized carbons (Fsp3) is 0.448. The van der Waals surface area contributed by atoms with E-state index in [1.54, 1.807) is 30.3 Å². The van der Waals surface area contributed by atoms with Crippen molar-refractivity contribution in [1.82, 2.24) is 4.90 Å². The van der Waals surface area contributed by atoms with E-state index in [0.717, 1.165) is 12.0 Å². The number of amides is 1. The minimum atomic E-state index is -0.907. The van der Waals surface area contributed by atoms with Gasteiger partial charge in [0.1, 0.15) is 11.5 Å². The van der Waals surface area contributed by atoms with Crippen molar-refractivity contribution in [2.24, 2.45) is 0 Å². The third kappa shape index (κ3) is 5.88. The minimum absolute atomic E-state index is 0.0320. The molecule has 1 saturated heterocycles. The van der Waals surface area contributed by atoms with Gasteiger partial charge in [-0.3, -0.25) is 9.59 Å². The average Bonchev–Trinajstić information content (AvgIpc) is 3.15. The fourth-order valence-electron chi connectivity index (χ4n) is 4.43. The lowest BCUT2D eigenvalue weighted by atomic mass is 9.94. The number of Topliss-reactive ketones (excluding diaryl/α,β-unsaturated/α-hetero) is 1. The second-order valence-corrected chi connectivity index (χ2v) is 9.20. The Hall–Kier alpha value is -3.72. The summed E-state index contributed by atoms with van der Waals surface area (Å²) in [5, 5.41) is 11.4. The number of hydrogen-bond acceptors (Lipinski definition) is 8. The van der Waals surface area contributed by atoms with Gasteiger partial charge in [-0.15, -0.1) is 0 Å². The lowest BCUT2D eigenvalue weighted by Gasteiger charge is -2.27. The molecule has 9 heteroatoms. The van der Waals surface area contributed by atoms with Crippen LogP contribution in [0.5, 0.6) is 23.0 Å². The summed E-state index contributed by atoms with van der Waals surface area (Å²) in [4.78, 5) is 28.0. The summed E-state index contributed by atoms with van der Waals surface area (Å²) in [6.07, 6.45) is 0.808. The Balaban J connectivity index is 2.19. The topological polar surface area (TPSA) is 104 Å². The number of aliphatic hydroxyl groups excluding tert-OH is 1. The van der Waals surface area contributed by atoms with Crippen LogP contribution in [0, 0.1) is 6.92 Å². The number of carbonyl (C=O) groups is 2. The maximum absolute atomic E-state index is 13.4. The highest BCUT2D eigenvalue weighted by molar-refractivity contribution is 6.46. The van der Waals surface area contributed by atoms with Crippen molar-refractivity contribution in [3.05, 3.63) is 52.6 Å². The number of methoxy groups -OCH3 is 3. The Labute approximate surface area is 223 Å². The van der Waals surface area contributed by atoms with Gasteiger partial charge in [-0.05, 0) is 68.7 Å². The van der Waals surface area contributed by atoms with Crippen LogP contribution < -0.4 is 18.9 Å². The molecule has 1 atom stereocenters. The molecule has 2 aromatic rings. The van der Waals surface area contributed by atoms with Crippen LogP contribution in [0.2, 0.25) is 0 Å². The molecule has 0 spiro atoms. The van der Waals surface area contributed by atoms with Crippen molar-refractivity contribution in [2.45, 2.75) is 46.3 Å². The van der Waals surface area contributed by atoms with E-state index in [-0.39, 0.29) is 30.6 Å². The standard InChI is InChI=1S/C29H37NO8/c1-8-12-38-21-10-9-19(14-18(21)4)26(31)24-25(30(29(33)27(24)32)11-13-37-17(2)3)20-15-22(34-5)28(36-7)23(16-20)35-6/h9-10,14-17,25,31H,8,11-13H2,1-7H3/b26-24+. The van der Waals surface area contributed by atoms with E-state index in [9.17, 15) is 14.7 Å². The van der Waals surface area contributed by atoms with Crippen LogP contribution in [0.15, 0.2) is 35.9 Å². The van der Waals surface area contributed by atoms with Crippen molar-refractivity contribution < 1.29 is 38.4 Å².